The molecule has 1 aliphatic rings. The van der Waals surface area contributed by atoms with Gasteiger partial charge in [0.1, 0.15) is 0 Å². The fraction of sp³-hybridized carbons (Fsp3) is 0.643. The molecule has 0 amide bonds. The first-order valence-electron chi connectivity index (χ1n) is 5.93. The topological polar surface area (TPSA) is 17.1 Å². The summed E-state index contributed by atoms with van der Waals surface area (Å²) in [5.41, 5.74) is 1.77. The molecule has 1 nitrogen and oxygen atoms in total. The van der Waals surface area contributed by atoms with Crippen molar-refractivity contribution in [2.24, 2.45) is 5.41 Å². The van der Waals surface area contributed by atoms with Gasteiger partial charge in [0, 0.05) is 6.42 Å². The van der Waals surface area contributed by atoms with Crippen molar-refractivity contribution in [2.45, 2.75) is 52.9 Å². The number of carbonyl (C=O) groups excluding carboxylic acids is 1. The summed E-state index contributed by atoms with van der Waals surface area (Å²) in [6.07, 6.45) is 11.1. The highest BCUT2D eigenvalue weighted by Gasteiger charge is 2.26. The third-order valence-electron chi connectivity index (χ3n) is 3.44. The lowest BCUT2D eigenvalue weighted by Crippen LogP contribution is -2.19. The van der Waals surface area contributed by atoms with E-state index in [9.17, 15) is 4.79 Å². The minimum Gasteiger partial charge on any atom is -0.295 e. The standard InChI is InChI=1S/C14H22O/c1-4-7-13(15)10-12-8-6-9-14(3,5-2)11-12/h4,7-8H,5-6,9-11H2,1-3H3. The summed E-state index contributed by atoms with van der Waals surface area (Å²) < 4.78 is 0. The van der Waals surface area contributed by atoms with Crippen molar-refractivity contribution in [2.75, 3.05) is 0 Å². The van der Waals surface area contributed by atoms with Gasteiger partial charge in [0.2, 0.25) is 0 Å². The zero-order valence-corrected chi connectivity index (χ0v) is 10.2. The maximum Gasteiger partial charge on any atom is 0.159 e. The highest BCUT2D eigenvalue weighted by Crippen LogP contribution is 2.39. The van der Waals surface area contributed by atoms with Crippen LogP contribution in [-0.4, -0.2) is 5.78 Å². The molecule has 0 aromatic rings. The van der Waals surface area contributed by atoms with E-state index < -0.39 is 0 Å². The normalized spacial score (nSPS) is 26.7. The van der Waals surface area contributed by atoms with Gasteiger partial charge in [-0.3, -0.25) is 4.79 Å². The van der Waals surface area contributed by atoms with Crippen LogP contribution in [0, 0.1) is 5.41 Å². The van der Waals surface area contributed by atoms with Crippen molar-refractivity contribution in [3.8, 4) is 0 Å². The van der Waals surface area contributed by atoms with Crippen molar-refractivity contribution in [3.63, 3.8) is 0 Å². The maximum absolute atomic E-state index is 11.5. The number of hydrogen-bond acceptors (Lipinski definition) is 1. The Morgan fingerprint density at radius 1 is 1.60 bits per heavy atom. The Morgan fingerprint density at radius 3 is 2.93 bits per heavy atom. The maximum atomic E-state index is 11.5. The van der Waals surface area contributed by atoms with Gasteiger partial charge in [-0.1, -0.05) is 38.0 Å². The molecule has 0 N–H and O–H groups in total. The Labute approximate surface area is 93.3 Å². The van der Waals surface area contributed by atoms with Crippen LogP contribution in [0.2, 0.25) is 0 Å². The molecule has 0 bridgehead atoms. The molecule has 0 spiro atoms. The van der Waals surface area contributed by atoms with Crippen LogP contribution in [0.4, 0.5) is 0 Å². The first-order chi connectivity index (χ1) is 7.09. The molecule has 0 radical (unpaired) electrons. The second kappa shape index (κ2) is 5.29. The first kappa shape index (κ1) is 12.2. The van der Waals surface area contributed by atoms with Gasteiger partial charge in [-0.2, -0.15) is 0 Å². The Morgan fingerprint density at radius 2 is 2.33 bits per heavy atom. The van der Waals surface area contributed by atoms with Crippen LogP contribution in [0.25, 0.3) is 0 Å². The van der Waals surface area contributed by atoms with E-state index in [-0.39, 0.29) is 5.78 Å². The molecule has 0 saturated heterocycles. The molecular weight excluding hydrogens is 184 g/mol. The van der Waals surface area contributed by atoms with E-state index in [1.54, 1.807) is 6.08 Å². The van der Waals surface area contributed by atoms with E-state index in [2.05, 4.69) is 19.9 Å². The summed E-state index contributed by atoms with van der Waals surface area (Å²) in [4.78, 5) is 11.5. The predicted octanol–water partition coefficient (Wildman–Crippen LogP) is 4.05. The summed E-state index contributed by atoms with van der Waals surface area (Å²) in [7, 11) is 0. The molecule has 1 unspecified atom stereocenters. The molecule has 1 rings (SSSR count). The molecule has 84 valence electrons. The van der Waals surface area contributed by atoms with E-state index in [1.165, 1.54) is 18.4 Å². The van der Waals surface area contributed by atoms with Crippen molar-refractivity contribution < 1.29 is 4.79 Å². The zero-order valence-electron chi connectivity index (χ0n) is 10.2. The van der Waals surface area contributed by atoms with Crippen LogP contribution in [0.5, 0.6) is 0 Å². The number of ketones is 1. The third kappa shape index (κ3) is 3.65. The average Bonchev–Trinajstić information content (AvgIpc) is 2.18. The third-order valence-corrected chi connectivity index (χ3v) is 3.44. The van der Waals surface area contributed by atoms with Crippen LogP contribution in [0.3, 0.4) is 0 Å². The van der Waals surface area contributed by atoms with Gasteiger partial charge in [-0.15, -0.1) is 0 Å². The second-order valence-electron chi connectivity index (χ2n) is 4.89. The van der Waals surface area contributed by atoms with Gasteiger partial charge in [-0.25, -0.2) is 0 Å². The van der Waals surface area contributed by atoms with Crippen molar-refractivity contribution in [1.29, 1.82) is 0 Å². The number of hydrogen-bond donors (Lipinski definition) is 0. The molecule has 0 aromatic carbocycles. The van der Waals surface area contributed by atoms with E-state index in [4.69, 9.17) is 0 Å². The molecule has 0 fully saturated rings. The van der Waals surface area contributed by atoms with Crippen LogP contribution in [-0.2, 0) is 4.79 Å². The molecule has 15 heavy (non-hydrogen) atoms. The smallest absolute Gasteiger partial charge is 0.159 e. The number of allylic oxidation sites excluding steroid dienone is 4. The summed E-state index contributed by atoms with van der Waals surface area (Å²) in [5, 5.41) is 0. The summed E-state index contributed by atoms with van der Waals surface area (Å²) in [5.74, 6) is 0.240. The fourth-order valence-electron chi connectivity index (χ4n) is 2.24. The van der Waals surface area contributed by atoms with E-state index >= 15 is 0 Å². The van der Waals surface area contributed by atoms with Gasteiger partial charge < -0.3 is 0 Å². The monoisotopic (exact) mass is 206 g/mol. The Bertz CT molecular complexity index is 286. The average molecular weight is 206 g/mol. The Hall–Kier alpha value is -0.850. The van der Waals surface area contributed by atoms with Gasteiger partial charge in [0.25, 0.3) is 0 Å². The predicted molar refractivity (Wildman–Crippen MR) is 64.8 cm³/mol. The Balaban J connectivity index is 2.57. The summed E-state index contributed by atoms with van der Waals surface area (Å²) in [6.45, 7) is 6.47. The number of rotatable bonds is 4. The highest BCUT2D eigenvalue weighted by atomic mass is 16.1. The second-order valence-corrected chi connectivity index (χ2v) is 4.89. The lowest BCUT2D eigenvalue weighted by Gasteiger charge is -2.32. The van der Waals surface area contributed by atoms with Gasteiger partial charge in [-0.05, 0) is 37.7 Å². The largest absolute Gasteiger partial charge is 0.295 e. The van der Waals surface area contributed by atoms with Gasteiger partial charge in [0.05, 0.1) is 0 Å². The quantitative estimate of drug-likeness (QED) is 0.501. The van der Waals surface area contributed by atoms with Crippen molar-refractivity contribution >= 4 is 5.78 Å². The van der Waals surface area contributed by atoms with Gasteiger partial charge in [0.15, 0.2) is 5.78 Å². The minimum atomic E-state index is 0.240. The molecule has 0 aromatic heterocycles. The molecule has 0 aliphatic heterocycles. The minimum absolute atomic E-state index is 0.240. The summed E-state index contributed by atoms with van der Waals surface area (Å²) >= 11 is 0. The van der Waals surface area contributed by atoms with E-state index in [0.29, 0.717) is 11.8 Å². The molecular formula is C14H22O. The van der Waals surface area contributed by atoms with Crippen molar-refractivity contribution in [3.05, 3.63) is 23.8 Å². The zero-order chi connectivity index (χ0) is 11.3. The van der Waals surface area contributed by atoms with E-state index in [0.717, 1.165) is 12.8 Å². The molecule has 0 saturated carbocycles. The van der Waals surface area contributed by atoms with Gasteiger partial charge >= 0.3 is 0 Å². The fourth-order valence-corrected chi connectivity index (χ4v) is 2.24. The van der Waals surface area contributed by atoms with Crippen LogP contribution < -0.4 is 0 Å². The molecule has 1 aliphatic carbocycles. The molecule has 1 atom stereocenters. The van der Waals surface area contributed by atoms with E-state index in [1.807, 2.05) is 13.0 Å². The first-order valence-corrected chi connectivity index (χ1v) is 5.93. The van der Waals surface area contributed by atoms with Crippen molar-refractivity contribution in [1.82, 2.24) is 0 Å². The molecule has 0 heterocycles. The Kier molecular flexibility index (Phi) is 4.31. The summed E-state index contributed by atoms with van der Waals surface area (Å²) in [6, 6.07) is 0. The molecule has 1 heteroatoms. The highest BCUT2D eigenvalue weighted by molar-refractivity contribution is 5.91. The van der Waals surface area contributed by atoms with Crippen LogP contribution in [0.1, 0.15) is 52.9 Å². The van der Waals surface area contributed by atoms with Crippen LogP contribution >= 0.6 is 0 Å². The SMILES string of the molecule is CC=CC(=O)CC1=CCCC(C)(CC)C1. The van der Waals surface area contributed by atoms with Crippen LogP contribution in [0.15, 0.2) is 23.8 Å². The number of carbonyl (C=O) groups is 1. The lowest BCUT2D eigenvalue weighted by molar-refractivity contribution is -0.114. The lowest BCUT2D eigenvalue weighted by atomic mass is 9.73.